The maximum atomic E-state index is 14.0. The molecule has 3 aromatic carbocycles. The summed E-state index contributed by atoms with van der Waals surface area (Å²) in [6.45, 7) is 6.36. The van der Waals surface area contributed by atoms with Gasteiger partial charge in [0.05, 0.1) is 22.2 Å². The minimum atomic E-state index is -4.25. The van der Waals surface area contributed by atoms with Gasteiger partial charge in [0.25, 0.3) is 10.0 Å². The monoisotopic (exact) mass is 683 g/mol. The van der Waals surface area contributed by atoms with Gasteiger partial charge in [0, 0.05) is 28.2 Å². The van der Waals surface area contributed by atoms with E-state index in [0.29, 0.717) is 25.8 Å². The molecule has 0 saturated heterocycles. The molecule has 0 aliphatic carbocycles. The number of anilines is 1. The van der Waals surface area contributed by atoms with Gasteiger partial charge in [-0.1, -0.05) is 47.0 Å². The average molecular weight is 685 g/mol. The number of carbonyl (C=O) groups excluding carboxylic acids is 2. The highest BCUT2D eigenvalue weighted by atomic mass is 79.9. The van der Waals surface area contributed by atoms with E-state index in [-0.39, 0.29) is 23.2 Å². The molecule has 41 heavy (non-hydrogen) atoms. The lowest BCUT2D eigenvalue weighted by Crippen LogP contribution is -2.52. The molecule has 12 heteroatoms. The van der Waals surface area contributed by atoms with Gasteiger partial charge in [-0.3, -0.25) is 13.9 Å². The summed E-state index contributed by atoms with van der Waals surface area (Å²) in [5.41, 5.74) is 1.64. The third kappa shape index (κ3) is 7.94. The Morgan fingerprint density at radius 1 is 1.00 bits per heavy atom. The minimum absolute atomic E-state index is 0.0511. The van der Waals surface area contributed by atoms with Gasteiger partial charge < -0.3 is 15.0 Å². The number of aryl methyl sites for hydroxylation is 1. The lowest BCUT2D eigenvalue weighted by molar-refractivity contribution is -0.139. The molecule has 0 heterocycles. The van der Waals surface area contributed by atoms with Crippen molar-refractivity contribution in [2.24, 2.45) is 0 Å². The molecule has 0 aliphatic rings. The second kappa shape index (κ2) is 13.9. The average Bonchev–Trinajstić information content (AvgIpc) is 2.91. The normalized spacial score (nSPS) is 12.1. The van der Waals surface area contributed by atoms with Crippen LogP contribution in [-0.2, 0) is 26.2 Å². The van der Waals surface area contributed by atoms with Crippen molar-refractivity contribution in [1.29, 1.82) is 0 Å². The van der Waals surface area contributed by atoms with Crippen molar-refractivity contribution in [2.75, 3.05) is 18.0 Å². The van der Waals surface area contributed by atoms with Gasteiger partial charge in [-0.05, 0) is 86.1 Å². The number of sulfonamides is 1. The number of nitrogens with one attached hydrogen (secondary N) is 1. The third-order valence-electron chi connectivity index (χ3n) is 6.30. The van der Waals surface area contributed by atoms with Crippen LogP contribution in [-0.4, -0.2) is 50.9 Å². The van der Waals surface area contributed by atoms with Gasteiger partial charge >= 0.3 is 0 Å². The first kappa shape index (κ1) is 32.7. The summed E-state index contributed by atoms with van der Waals surface area (Å²) in [6.07, 6.45) is 0. The Morgan fingerprint density at radius 2 is 1.61 bits per heavy atom. The van der Waals surface area contributed by atoms with Crippen LogP contribution in [0.4, 0.5) is 5.69 Å². The number of hydrogen-bond acceptors (Lipinski definition) is 5. The van der Waals surface area contributed by atoms with Gasteiger partial charge in [0.15, 0.2) is 0 Å². The summed E-state index contributed by atoms with van der Waals surface area (Å²) in [7, 11) is -2.78. The summed E-state index contributed by atoms with van der Waals surface area (Å²) in [5.74, 6) is -0.570. The molecule has 3 rings (SSSR count). The van der Waals surface area contributed by atoms with Gasteiger partial charge in [0.2, 0.25) is 11.8 Å². The molecule has 220 valence electrons. The highest BCUT2D eigenvalue weighted by molar-refractivity contribution is 9.10. The lowest BCUT2D eigenvalue weighted by Gasteiger charge is -2.32. The molecular weight excluding hydrogens is 653 g/mol. The first-order chi connectivity index (χ1) is 19.3. The predicted molar refractivity (Wildman–Crippen MR) is 166 cm³/mol. The molecular formula is C29H32BrCl2N3O5S. The van der Waals surface area contributed by atoms with E-state index >= 15 is 0 Å². The molecule has 0 unspecified atom stereocenters. The molecule has 8 nitrogen and oxygen atoms in total. The first-order valence-corrected chi connectivity index (χ1v) is 15.7. The molecule has 1 N–H and O–H groups in total. The number of rotatable bonds is 11. The van der Waals surface area contributed by atoms with Crippen LogP contribution in [0.5, 0.6) is 5.75 Å². The summed E-state index contributed by atoms with van der Waals surface area (Å²) in [6, 6.07) is 14.9. The number of ether oxygens (including phenoxy) is 1. The van der Waals surface area contributed by atoms with Crippen LogP contribution in [0, 0.1) is 6.92 Å². The van der Waals surface area contributed by atoms with Crippen LogP contribution in [0.25, 0.3) is 0 Å². The van der Waals surface area contributed by atoms with Gasteiger partial charge in [-0.2, -0.15) is 0 Å². The number of halogens is 3. The van der Waals surface area contributed by atoms with Crippen LogP contribution in [0.2, 0.25) is 10.0 Å². The molecule has 0 bridgehead atoms. The Hall–Kier alpha value is -2.79. The zero-order valence-electron chi connectivity index (χ0n) is 23.3. The van der Waals surface area contributed by atoms with E-state index in [1.807, 2.05) is 6.92 Å². The summed E-state index contributed by atoms with van der Waals surface area (Å²) >= 11 is 16.2. The summed E-state index contributed by atoms with van der Waals surface area (Å²) < 4.78 is 34.7. The molecule has 0 saturated carbocycles. The van der Waals surface area contributed by atoms with Gasteiger partial charge in [-0.15, -0.1) is 0 Å². The van der Waals surface area contributed by atoms with Crippen LogP contribution in [0.1, 0.15) is 31.9 Å². The molecule has 2 amide bonds. The van der Waals surface area contributed by atoms with Crippen molar-refractivity contribution >= 4 is 66.7 Å². The fraction of sp³-hybridized carbons (Fsp3) is 0.310. The predicted octanol–water partition coefficient (Wildman–Crippen LogP) is 6.21. The van der Waals surface area contributed by atoms with E-state index in [1.165, 1.54) is 30.2 Å². The number of methoxy groups -OCH3 is 1. The number of amides is 2. The Balaban J connectivity index is 2.09. The Bertz CT molecular complexity index is 1500. The van der Waals surface area contributed by atoms with E-state index in [4.69, 9.17) is 27.9 Å². The summed E-state index contributed by atoms with van der Waals surface area (Å²) in [5, 5.41) is 3.44. The molecule has 0 spiro atoms. The maximum Gasteiger partial charge on any atom is 0.264 e. The molecule has 0 aliphatic heterocycles. The first-order valence-electron chi connectivity index (χ1n) is 12.7. The van der Waals surface area contributed by atoms with E-state index < -0.39 is 34.4 Å². The van der Waals surface area contributed by atoms with Crippen molar-refractivity contribution in [3.05, 3.63) is 86.3 Å². The lowest BCUT2D eigenvalue weighted by atomic mass is 10.1. The van der Waals surface area contributed by atoms with Gasteiger partial charge in [-0.25, -0.2) is 8.42 Å². The highest BCUT2D eigenvalue weighted by Crippen LogP contribution is 2.32. The van der Waals surface area contributed by atoms with Crippen molar-refractivity contribution in [1.82, 2.24) is 10.2 Å². The second-order valence-electron chi connectivity index (χ2n) is 9.70. The molecule has 0 fully saturated rings. The van der Waals surface area contributed by atoms with Crippen LogP contribution < -0.4 is 14.4 Å². The van der Waals surface area contributed by atoms with Crippen molar-refractivity contribution in [3.8, 4) is 5.75 Å². The molecule has 0 radical (unpaired) electrons. The number of nitrogens with zero attached hydrogens (tertiary/aromatic N) is 2. The number of carbonyl (C=O) groups is 2. The van der Waals surface area contributed by atoms with E-state index in [1.54, 1.807) is 63.2 Å². The standard InChI is InChI=1S/C29H32BrCl2N3O5S/c1-18(2)33-29(37)20(4)34(16-23-25(31)7-6-8-26(23)32)28(36)17-35(21-11-9-19(3)10-12-21)41(38,39)22-13-14-27(40-5)24(30)15-22/h6-15,18,20H,16-17H2,1-5H3,(H,33,37)/t20-/m0/s1. The molecule has 0 aromatic heterocycles. The fourth-order valence-corrected chi connectivity index (χ4v) is 6.67. The second-order valence-corrected chi connectivity index (χ2v) is 13.2. The summed E-state index contributed by atoms with van der Waals surface area (Å²) in [4.78, 5) is 28.3. The van der Waals surface area contributed by atoms with Crippen molar-refractivity contribution < 1.29 is 22.7 Å². The number of hydrogen-bond donors (Lipinski definition) is 1. The zero-order chi connectivity index (χ0) is 30.5. The van der Waals surface area contributed by atoms with Crippen molar-refractivity contribution in [3.63, 3.8) is 0 Å². The van der Waals surface area contributed by atoms with Crippen LogP contribution in [0.15, 0.2) is 70.0 Å². The SMILES string of the molecule is COc1ccc(S(=O)(=O)N(CC(=O)N(Cc2c(Cl)cccc2Cl)[C@@H](C)C(=O)NC(C)C)c2ccc(C)cc2)cc1Br. The highest BCUT2D eigenvalue weighted by Gasteiger charge is 2.33. The Labute approximate surface area is 259 Å². The smallest absolute Gasteiger partial charge is 0.264 e. The molecule has 1 atom stereocenters. The van der Waals surface area contributed by atoms with E-state index in [9.17, 15) is 18.0 Å². The quantitative estimate of drug-likeness (QED) is 0.259. The van der Waals surface area contributed by atoms with E-state index in [0.717, 1.165) is 9.87 Å². The fourth-order valence-electron chi connectivity index (χ4n) is 4.02. The molecule has 3 aromatic rings. The van der Waals surface area contributed by atoms with Crippen LogP contribution in [0.3, 0.4) is 0 Å². The minimum Gasteiger partial charge on any atom is -0.496 e. The Morgan fingerprint density at radius 3 is 2.15 bits per heavy atom. The zero-order valence-corrected chi connectivity index (χ0v) is 27.2. The third-order valence-corrected chi connectivity index (χ3v) is 9.40. The maximum absolute atomic E-state index is 14.0. The Kier molecular flexibility index (Phi) is 11.1. The number of benzene rings is 3. The largest absolute Gasteiger partial charge is 0.496 e. The van der Waals surface area contributed by atoms with Crippen LogP contribution >= 0.6 is 39.1 Å². The van der Waals surface area contributed by atoms with Gasteiger partial charge in [0.1, 0.15) is 18.3 Å². The van der Waals surface area contributed by atoms with Crippen molar-refractivity contribution in [2.45, 2.75) is 51.2 Å². The topological polar surface area (TPSA) is 96.0 Å². The van der Waals surface area contributed by atoms with E-state index in [2.05, 4.69) is 21.2 Å².